The molecule has 0 unspecified atom stereocenters. The maximum Gasteiger partial charge on any atom is 0.265 e. The molecule has 0 bridgehead atoms. The number of nitrogens with one attached hydrogen (secondary N) is 1. The van der Waals surface area contributed by atoms with Crippen molar-refractivity contribution in [2.45, 2.75) is 13.8 Å². The van der Waals surface area contributed by atoms with Crippen molar-refractivity contribution in [3.63, 3.8) is 0 Å². The van der Waals surface area contributed by atoms with Gasteiger partial charge in [0.25, 0.3) is 5.88 Å². The van der Waals surface area contributed by atoms with Gasteiger partial charge in [-0.05, 0) is 37.1 Å². The molecule has 20 heavy (non-hydrogen) atoms. The molecule has 2 aromatic heterocycles. The molecule has 2 heterocycles. The van der Waals surface area contributed by atoms with E-state index in [9.17, 15) is 0 Å². The van der Waals surface area contributed by atoms with Gasteiger partial charge in [0.05, 0.1) is 6.20 Å². The largest absolute Gasteiger partial charge is 0.436 e. The van der Waals surface area contributed by atoms with Gasteiger partial charge >= 0.3 is 0 Å². The van der Waals surface area contributed by atoms with E-state index < -0.39 is 0 Å². The third kappa shape index (κ3) is 2.18. The second kappa shape index (κ2) is 4.85. The number of imidazole rings is 1. The zero-order chi connectivity index (χ0) is 14.1. The van der Waals surface area contributed by atoms with Crippen molar-refractivity contribution in [3.8, 4) is 11.6 Å². The Bertz CT molecular complexity index is 764. The first-order chi connectivity index (χ1) is 9.67. The summed E-state index contributed by atoms with van der Waals surface area (Å²) < 4.78 is 7.78. The van der Waals surface area contributed by atoms with Gasteiger partial charge < -0.3 is 10.1 Å². The minimum Gasteiger partial charge on any atom is -0.436 e. The molecule has 3 aromatic rings. The lowest BCUT2D eigenvalue weighted by molar-refractivity contribution is 0.465. The van der Waals surface area contributed by atoms with Crippen LogP contribution in [0.3, 0.4) is 0 Å². The third-order valence-electron chi connectivity index (χ3n) is 3.29. The van der Waals surface area contributed by atoms with Gasteiger partial charge in [0.2, 0.25) is 5.65 Å². The molecule has 102 valence electrons. The van der Waals surface area contributed by atoms with Crippen LogP contribution in [0.25, 0.3) is 5.65 Å². The Morgan fingerprint density at radius 1 is 1.20 bits per heavy atom. The highest BCUT2D eigenvalue weighted by atomic mass is 16.5. The highest BCUT2D eigenvalue weighted by Gasteiger charge is 2.09. The quantitative estimate of drug-likeness (QED) is 0.792. The minimum atomic E-state index is 0.491. The molecule has 0 radical (unpaired) electrons. The number of ether oxygens (including phenoxy) is 1. The first-order valence-corrected chi connectivity index (χ1v) is 6.44. The van der Waals surface area contributed by atoms with Crippen molar-refractivity contribution >= 4 is 11.5 Å². The summed E-state index contributed by atoms with van der Waals surface area (Å²) in [5.74, 6) is 1.98. The van der Waals surface area contributed by atoms with Crippen LogP contribution >= 0.6 is 0 Å². The van der Waals surface area contributed by atoms with Gasteiger partial charge in [0, 0.05) is 19.4 Å². The molecule has 0 aliphatic rings. The van der Waals surface area contributed by atoms with Crippen molar-refractivity contribution in [3.05, 3.63) is 47.9 Å². The average molecular weight is 268 g/mol. The van der Waals surface area contributed by atoms with Crippen LogP contribution in [0.15, 0.2) is 36.8 Å². The highest BCUT2D eigenvalue weighted by molar-refractivity contribution is 5.55. The Morgan fingerprint density at radius 3 is 2.80 bits per heavy atom. The Morgan fingerprint density at radius 2 is 2.05 bits per heavy atom. The summed E-state index contributed by atoms with van der Waals surface area (Å²) in [6.45, 7) is 4.14. The molecule has 5 nitrogen and oxygen atoms in total. The second-order valence-electron chi connectivity index (χ2n) is 4.69. The van der Waals surface area contributed by atoms with Gasteiger partial charge in [0.15, 0.2) is 0 Å². The van der Waals surface area contributed by atoms with E-state index in [1.54, 1.807) is 6.20 Å². The fourth-order valence-corrected chi connectivity index (χ4v) is 1.98. The van der Waals surface area contributed by atoms with Crippen LogP contribution in [0.4, 0.5) is 5.82 Å². The third-order valence-corrected chi connectivity index (χ3v) is 3.29. The highest BCUT2D eigenvalue weighted by Crippen LogP contribution is 2.26. The molecule has 0 fully saturated rings. The van der Waals surface area contributed by atoms with E-state index in [1.165, 1.54) is 11.1 Å². The van der Waals surface area contributed by atoms with Crippen molar-refractivity contribution in [2.24, 2.45) is 0 Å². The number of hydrogen-bond donors (Lipinski definition) is 1. The molecule has 0 aliphatic carbocycles. The maximum absolute atomic E-state index is 5.89. The topological polar surface area (TPSA) is 51.5 Å². The Balaban J connectivity index is 2.04. The van der Waals surface area contributed by atoms with Crippen LogP contribution in [0, 0.1) is 13.8 Å². The molecule has 0 atom stereocenters. The van der Waals surface area contributed by atoms with Gasteiger partial charge in [-0.25, -0.2) is 4.98 Å². The molecular formula is C15H16N4O. The number of aryl methyl sites for hydroxylation is 2. The van der Waals surface area contributed by atoms with E-state index >= 15 is 0 Å². The fraction of sp³-hybridized carbons (Fsp3) is 0.200. The van der Waals surface area contributed by atoms with Crippen molar-refractivity contribution in [1.82, 2.24) is 14.4 Å². The lowest BCUT2D eigenvalue weighted by Crippen LogP contribution is -1.99. The van der Waals surface area contributed by atoms with E-state index in [2.05, 4.69) is 29.1 Å². The summed E-state index contributed by atoms with van der Waals surface area (Å²) in [5, 5.41) is 3.02. The standard InChI is InChI=1S/C15H16N4O/c1-10-4-5-12(8-11(10)2)20-15-14-17-6-7-19(14)9-13(16-3)18-15/h4-9,16H,1-3H3. The van der Waals surface area contributed by atoms with Crippen LogP contribution in [0.1, 0.15) is 11.1 Å². The zero-order valence-corrected chi connectivity index (χ0v) is 11.7. The molecule has 0 saturated heterocycles. The van der Waals surface area contributed by atoms with E-state index in [0.717, 1.165) is 11.6 Å². The Labute approximate surface area is 117 Å². The molecule has 0 amide bonds. The maximum atomic E-state index is 5.89. The SMILES string of the molecule is CNc1cn2ccnc2c(Oc2ccc(C)c(C)c2)n1. The summed E-state index contributed by atoms with van der Waals surface area (Å²) >= 11 is 0. The lowest BCUT2D eigenvalue weighted by atomic mass is 10.1. The van der Waals surface area contributed by atoms with Crippen LogP contribution in [-0.2, 0) is 0 Å². The number of rotatable bonds is 3. The predicted molar refractivity (Wildman–Crippen MR) is 78.5 cm³/mol. The first-order valence-electron chi connectivity index (χ1n) is 6.44. The van der Waals surface area contributed by atoms with Crippen molar-refractivity contribution in [1.29, 1.82) is 0 Å². The van der Waals surface area contributed by atoms with E-state index in [-0.39, 0.29) is 0 Å². The van der Waals surface area contributed by atoms with Gasteiger partial charge in [-0.1, -0.05) is 6.07 Å². The fourth-order valence-electron chi connectivity index (χ4n) is 1.98. The summed E-state index contributed by atoms with van der Waals surface area (Å²) in [6, 6.07) is 5.98. The van der Waals surface area contributed by atoms with Crippen LogP contribution in [0.5, 0.6) is 11.6 Å². The molecule has 3 rings (SSSR count). The zero-order valence-electron chi connectivity index (χ0n) is 11.7. The van der Waals surface area contributed by atoms with Gasteiger partial charge in [-0.3, -0.25) is 4.40 Å². The van der Waals surface area contributed by atoms with Crippen LogP contribution in [0.2, 0.25) is 0 Å². The number of benzene rings is 1. The summed E-state index contributed by atoms with van der Waals surface area (Å²) in [4.78, 5) is 8.70. The van der Waals surface area contributed by atoms with E-state index in [0.29, 0.717) is 11.5 Å². The predicted octanol–water partition coefficient (Wildman–Crippen LogP) is 3.18. The number of aromatic nitrogens is 3. The molecule has 1 N–H and O–H groups in total. The minimum absolute atomic E-state index is 0.491. The molecule has 1 aromatic carbocycles. The average Bonchev–Trinajstić information content (AvgIpc) is 2.91. The lowest BCUT2D eigenvalue weighted by Gasteiger charge is -2.09. The van der Waals surface area contributed by atoms with Crippen molar-refractivity contribution < 1.29 is 4.74 Å². The van der Waals surface area contributed by atoms with E-state index in [1.807, 2.05) is 42.0 Å². The normalized spacial score (nSPS) is 10.8. The molecule has 0 aliphatic heterocycles. The van der Waals surface area contributed by atoms with Crippen LogP contribution < -0.4 is 10.1 Å². The van der Waals surface area contributed by atoms with Gasteiger partial charge in [-0.15, -0.1) is 0 Å². The van der Waals surface area contributed by atoms with E-state index in [4.69, 9.17) is 4.74 Å². The Kier molecular flexibility index (Phi) is 3.02. The Hall–Kier alpha value is -2.56. The van der Waals surface area contributed by atoms with Crippen LogP contribution in [-0.4, -0.2) is 21.4 Å². The summed E-state index contributed by atoms with van der Waals surface area (Å²) in [7, 11) is 1.82. The number of nitrogens with zero attached hydrogens (tertiary/aromatic N) is 3. The smallest absolute Gasteiger partial charge is 0.265 e. The summed E-state index contributed by atoms with van der Waals surface area (Å²) in [6.07, 6.45) is 5.46. The molecule has 0 spiro atoms. The molecule has 5 heteroatoms. The first kappa shape index (κ1) is 12.5. The van der Waals surface area contributed by atoms with Gasteiger partial charge in [0.1, 0.15) is 11.6 Å². The molecular weight excluding hydrogens is 252 g/mol. The van der Waals surface area contributed by atoms with Gasteiger partial charge in [-0.2, -0.15) is 4.98 Å². The summed E-state index contributed by atoms with van der Waals surface area (Å²) in [5.41, 5.74) is 3.12. The second-order valence-corrected chi connectivity index (χ2v) is 4.69. The van der Waals surface area contributed by atoms with Crippen molar-refractivity contribution in [2.75, 3.05) is 12.4 Å². The monoisotopic (exact) mass is 268 g/mol. The number of anilines is 1. The number of fused-ring (bicyclic) bond motifs is 1. The molecule has 0 saturated carbocycles. The number of hydrogen-bond acceptors (Lipinski definition) is 4.